The monoisotopic (exact) mass is 337 g/mol. The lowest BCUT2D eigenvalue weighted by Crippen LogP contribution is -2.40. The number of carbonyl (C=O) groups is 1. The molecule has 2 N–H and O–H groups in total. The standard InChI is InChI=1S/C16H27N5OS/c1-4-17-16(18-10-14-20-12(2)13(3)23-14)19-11-15(22)21-8-6-5-7-9-21/h4-11H2,1-3H3,(H2,17,18,19). The van der Waals surface area contributed by atoms with Crippen molar-refractivity contribution in [2.45, 2.75) is 46.6 Å². The summed E-state index contributed by atoms with van der Waals surface area (Å²) in [6.45, 7) is 9.44. The lowest BCUT2D eigenvalue weighted by molar-refractivity contribution is -0.130. The number of thiazole rings is 1. The van der Waals surface area contributed by atoms with Crippen LogP contribution in [0.1, 0.15) is 41.8 Å². The Kier molecular flexibility index (Phi) is 6.83. The molecular formula is C16H27N5OS. The van der Waals surface area contributed by atoms with Gasteiger partial charge in [0.1, 0.15) is 11.6 Å². The molecule has 1 aliphatic rings. The Morgan fingerprint density at radius 1 is 1.26 bits per heavy atom. The maximum Gasteiger partial charge on any atom is 0.244 e. The molecule has 1 saturated heterocycles. The van der Waals surface area contributed by atoms with Crippen LogP contribution in [0, 0.1) is 13.8 Å². The van der Waals surface area contributed by atoms with Gasteiger partial charge in [-0.05, 0) is 40.0 Å². The fraction of sp³-hybridized carbons (Fsp3) is 0.688. The average molecular weight is 337 g/mol. The number of hydrogen-bond donors (Lipinski definition) is 2. The Bertz CT molecular complexity index is 529. The first-order chi connectivity index (χ1) is 11.1. The number of nitrogens with zero attached hydrogens (tertiary/aromatic N) is 3. The van der Waals surface area contributed by atoms with Crippen molar-refractivity contribution in [1.82, 2.24) is 20.5 Å². The molecule has 2 rings (SSSR count). The minimum atomic E-state index is 0.114. The van der Waals surface area contributed by atoms with E-state index in [2.05, 4.69) is 27.5 Å². The van der Waals surface area contributed by atoms with Gasteiger partial charge >= 0.3 is 0 Å². The largest absolute Gasteiger partial charge is 0.357 e. The minimum Gasteiger partial charge on any atom is -0.357 e. The lowest BCUT2D eigenvalue weighted by atomic mass is 10.1. The van der Waals surface area contributed by atoms with Gasteiger partial charge in [0.2, 0.25) is 5.91 Å². The number of aryl methyl sites for hydroxylation is 2. The van der Waals surface area contributed by atoms with Crippen molar-refractivity contribution in [2.24, 2.45) is 4.99 Å². The van der Waals surface area contributed by atoms with Crippen LogP contribution < -0.4 is 10.6 Å². The van der Waals surface area contributed by atoms with E-state index in [0.717, 1.165) is 43.2 Å². The Hall–Kier alpha value is -1.63. The molecule has 0 saturated carbocycles. The van der Waals surface area contributed by atoms with Gasteiger partial charge in [-0.25, -0.2) is 9.98 Å². The average Bonchev–Trinajstić information content (AvgIpc) is 2.89. The van der Waals surface area contributed by atoms with Gasteiger partial charge in [-0.3, -0.25) is 4.79 Å². The van der Waals surface area contributed by atoms with Gasteiger partial charge in [-0.2, -0.15) is 0 Å². The van der Waals surface area contributed by atoms with Crippen LogP contribution in [0.2, 0.25) is 0 Å². The third-order valence-electron chi connectivity index (χ3n) is 3.91. The Balaban J connectivity index is 1.87. The number of nitrogens with one attached hydrogen (secondary N) is 2. The number of carbonyl (C=O) groups excluding carboxylic acids is 1. The van der Waals surface area contributed by atoms with E-state index in [1.807, 2.05) is 18.7 Å². The smallest absolute Gasteiger partial charge is 0.244 e. The maximum atomic E-state index is 12.2. The third kappa shape index (κ3) is 5.49. The summed E-state index contributed by atoms with van der Waals surface area (Å²) in [7, 11) is 0. The van der Waals surface area contributed by atoms with E-state index < -0.39 is 0 Å². The number of aliphatic imine (C=N–C) groups is 1. The van der Waals surface area contributed by atoms with Crippen LogP contribution in [0.25, 0.3) is 0 Å². The van der Waals surface area contributed by atoms with Gasteiger partial charge < -0.3 is 15.5 Å². The molecule has 0 aromatic carbocycles. The second-order valence-corrected chi connectivity index (χ2v) is 7.03. The fourth-order valence-corrected chi connectivity index (χ4v) is 3.38. The van der Waals surface area contributed by atoms with Gasteiger partial charge in [0, 0.05) is 24.5 Å². The minimum absolute atomic E-state index is 0.114. The number of rotatable bonds is 5. The highest BCUT2D eigenvalue weighted by Crippen LogP contribution is 2.15. The summed E-state index contributed by atoms with van der Waals surface area (Å²) < 4.78 is 0. The molecule has 0 atom stereocenters. The first-order valence-corrected chi connectivity index (χ1v) is 9.14. The SMILES string of the molecule is CCNC(=NCC(=O)N1CCCCC1)NCc1nc(C)c(C)s1. The van der Waals surface area contributed by atoms with Crippen LogP contribution >= 0.6 is 11.3 Å². The zero-order valence-electron chi connectivity index (χ0n) is 14.3. The van der Waals surface area contributed by atoms with Crippen LogP contribution in [0.3, 0.4) is 0 Å². The quantitative estimate of drug-likeness (QED) is 0.635. The van der Waals surface area contributed by atoms with Crippen molar-refractivity contribution >= 4 is 23.2 Å². The highest BCUT2D eigenvalue weighted by molar-refractivity contribution is 7.11. The van der Waals surface area contributed by atoms with Gasteiger partial charge in [0.25, 0.3) is 0 Å². The molecule has 0 radical (unpaired) electrons. The number of likely N-dealkylation sites (tertiary alicyclic amines) is 1. The molecule has 1 aromatic heterocycles. The molecule has 0 bridgehead atoms. The van der Waals surface area contributed by atoms with Crippen LogP contribution in [0.4, 0.5) is 0 Å². The van der Waals surface area contributed by atoms with E-state index in [-0.39, 0.29) is 12.5 Å². The van der Waals surface area contributed by atoms with Crippen LogP contribution in [-0.2, 0) is 11.3 Å². The van der Waals surface area contributed by atoms with Crippen molar-refractivity contribution in [3.05, 3.63) is 15.6 Å². The molecule has 1 aliphatic heterocycles. The lowest BCUT2D eigenvalue weighted by Gasteiger charge is -2.26. The van der Waals surface area contributed by atoms with Gasteiger partial charge in [-0.15, -0.1) is 11.3 Å². The fourth-order valence-electron chi connectivity index (χ4n) is 2.51. The molecule has 0 unspecified atom stereocenters. The predicted octanol–water partition coefficient (Wildman–Crippen LogP) is 1.83. The Labute approximate surface area is 142 Å². The third-order valence-corrected chi connectivity index (χ3v) is 4.98. The summed E-state index contributed by atoms with van der Waals surface area (Å²) in [5, 5.41) is 7.46. The number of aromatic nitrogens is 1. The molecule has 6 nitrogen and oxygen atoms in total. The summed E-state index contributed by atoms with van der Waals surface area (Å²) in [6, 6.07) is 0. The normalized spacial score (nSPS) is 15.6. The summed E-state index contributed by atoms with van der Waals surface area (Å²) in [5.41, 5.74) is 1.08. The van der Waals surface area contributed by atoms with Gasteiger partial charge in [-0.1, -0.05) is 0 Å². The van der Waals surface area contributed by atoms with E-state index >= 15 is 0 Å². The number of amides is 1. The molecule has 7 heteroatoms. The molecule has 23 heavy (non-hydrogen) atoms. The topological polar surface area (TPSA) is 69.6 Å². The first-order valence-electron chi connectivity index (χ1n) is 8.33. The summed E-state index contributed by atoms with van der Waals surface area (Å²) in [4.78, 5) is 24.3. The highest BCUT2D eigenvalue weighted by Gasteiger charge is 2.16. The molecular weight excluding hydrogens is 310 g/mol. The molecule has 2 heterocycles. The van der Waals surface area contributed by atoms with Crippen LogP contribution in [-0.4, -0.2) is 47.9 Å². The van der Waals surface area contributed by atoms with E-state index in [9.17, 15) is 4.79 Å². The van der Waals surface area contributed by atoms with Crippen molar-refractivity contribution in [2.75, 3.05) is 26.2 Å². The summed E-state index contributed by atoms with van der Waals surface area (Å²) in [5.74, 6) is 0.784. The van der Waals surface area contributed by atoms with Gasteiger partial charge in [0.15, 0.2) is 5.96 Å². The molecule has 0 aliphatic carbocycles. The molecule has 1 aromatic rings. The first kappa shape index (κ1) is 17.7. The van der Waals surface area contributed by atoms with Crippen molar-refractivity contribution < 1.29 is 4.79 Å². The van der Waals surface area contributed by atoms with Crippen LogP contribution in [0.15, 0.2) is 4.99 Å². The predicted molar refractivity (Wildman–Crippen MR) is 94.8 cm³/mol. The number of hydrogen-bond acceptors (Lipinski definition) is 4. The van der Waals surface area contributed by atoms with Crippen molar-refractivity contribution in [3.8, 4) is 0 Å². The Morgan fingerprint density at radius 2 is 2.00 bits per heavy atom. The van der Waals surface area contributed by atoms with E-state index in [1.165, 1.54) is 11.3 Å². The second kappa shape index (κ2) is 8.86. The van der Waals surface area contributed by atoms with Crippen LogP contribution in [0.5, 0.6) is 0 Å². The Morgan fingerprint density at radius 3 is 2.61 bits per heavy atom. The number of guanidine groups is 1. The molecule has 1 amide bonds. The summed E-state index contributed by atoms with van der Waals surface area (Å²) in [6.07, 6.45) is 3.44. The molecule has 1 fully saturated rings. The van der Waals surface area contributed by atoms with Crippen molar-refractivity contribution in [3.63, 3.8) is 0 Å². The van der Waals surface area contributed by atoms with Crippen molar-refractivity contribution in [1.29, 1.82) is 0 Å². The molecule has 0 spiro atoms. The molecule has 128 valence electrons. The zero-order valence-corrected chi connectivity index (χ0v) is 15.1. The van der Waals surface area contributed by atoms with Gasteiger partial charge in [0.05, 0.1) is 12.2 Å². The van der Waals surface area contributed by atoms with E-state index in [4.69, 9.17) is 0 Å². The van der Waals surface area contributed by atoms with E-state index in [1.54, 1.807) is 11.3 Å². The zero-order chi connectivity index (χ0) is 16.7. The highest BCUT2D eigenvalue weighted by atomic mass is 32.1. The second-order valence-electron chi connectivity index (χ2n) is 5.74. The number of piperidine rings is 1. The summed E-state index contributed by atoms with van der Waals surface area (Å²) >= 11 is 1.69. The van der Waals surface area contributed by atoms with E-state index in [0.29, 0.717) is 12.5 Å². The maximum absolute atomic E-state index is 12.2.